The summed E-state index contributed by atoms with van der Waals surface area (Å²) in [6, 6.07) is 80.5. The van der Waals surface area contributed by atoms with Crippen LogP contribution in [-0.4, -0.2) is 14.5 Å². The number of fused-ring (bicyclic) bond motifs is 8. The van der Waals surface area contributed by atoms with E-state index >= 15 is 0 Å². The normalized spacial score (nSPS) is 11.6. The highest BCUT2D eigenvalue weighted by Crippen LogP contribution is 2.41. The van der Waals surface area contributed by atoms with Crippen LogP contribution < -0.4 is 0 Å². The molecule has 0 saturated heterocycles. The minimum Gasteiger partial charge on any atom is -0.309 e. The lowest BCUT2D eigenvalue weighted by Crippen LogP contribution is -1.98. The summed E-state index contributed by atoms with van der Waals surface area (Å²) in [5.74, 6) is 0.694. The van der Waals surface area contributed by atoms with Gasteiger partial charge in [0.1, 0.15) is 0 Å². The van der Waals surface area contributed by atoms with Crippen LogP contribution in [0, 0.1) is 0 Å². The van der Waals surface area contributed by atoms with E-state index in [0.717, 1.165) is 39.0 Å². The largest absolute Gasteiger partial charge is 0.309 e. The third-order valence-corrected chi connectivity index (χ3v) is 12.2. The topological polar surface area (TPSA) is 30.7 Å². The molecule has 0 amide bonds. The van der Waals surface area contributed by atoms with Gasteiger partial charge in [-0.15, -0.1) is 0 Å². The molecule has 0 saturated carbocycles. The fourth-order valence-electron chi connectivity index (χ4n) is 9.25. The Morgan fingerprint density at radius 3 is 1.36 bits per heavy atom. The molecule has 0 N–H and O–H groups in total. The Hall–Kier alpha value is -8.14. The van der Waals surface area contributed by atoms with Crippen molar-refractivity contribution >= 4 is 54.3 Å². The zero-order valence-electron chi connectivity index (χ0n) is 33.2. The number of benzene rings is 10. The quantitative estimate of drug-likeness (QED) is 0.168. The molecule has 3 nitrogen and oxygen atoms in total. The molecule has 0 aliphatic carbocycles. The van der Waals surface area contributed by atoms with Gasteiger partial charge in [-0.1, -0.05) is 176 Å². The Kier molecular flexibility index (Phi) is 8.17. The van der Waals surface area contributed by atoms with E-state index in [9.17, 15) is 0 Å². The lowest BCUT2D eigenvalue weighted by Gasteiger charge is -2.13. The summed E-state index contributed by atoms with van der Waals surface area (Å²) >= 11 is 0. The highest BCUT2D eigenvalue weighted by molar-refractivity contribution is 6.28. The van der Waals surface area contributed by atoms with Crippen molar-refractivity contribution in [1.82, 2.24) is 14.5 Å². The first kappa shape index (κ1) is 34.9. The van der Waals surface area contributed by atoms with Crippen molar-refractivity contribution in [2.45, 2.75) is 0 Å². The first-order valence-corrected chi connectivity index (χ1v) is 20.8. The molecule has 0 aliphatic heterocycles. The summed E-state index contributed by atoms with van der Waals surface area (Å²) in [5, 5.41) is 8.54. The van der Waals surface area contributed by atoms with Gasteiger partial charge in [0, 0.05) is 33.0 Å². The predicted octanol–water partition coefficient (Wildman–Crippen LogP) is 15.4. The molecule has 0 bridgehead atoms. The summed E-state index contributed by atoms with van der Waals surface area (Å²) in [6.07, 6.45) is 0. The molecule has 2 aromatic heterocycles. The molecular weight excluding hydrogens is 739 g/mol. The van der Waals surface area contributed by atoms with E-state index in [0.29, 0.717) is 5.82 Å². The van der Waals surface area contributed by atoms with E-state index in [2.05, 4.69) is 229 Å². The third-order valence-electron chi connectivity index (χ3n) is 12.2. The molecule has 61 heavy (non-hydrogen) atoms. The molecule has 0 unspecified atom stereocenters. The maximum absolute atomic E-state index is 5.36. The van der Waals surface area contributed by atoms with Gasteiger partial charge in [0.2, 0.25) is 0 Å². The Balaban J connectivity index is 0.984. The summed E-state index contributed by atoms with van der Waals surface area (Å²) in [7, 11) is 0. The van der Waals surface area contributed by atoms with Crippen LogP contribution in [0.3, 0.4) is 0 Å². The van der Waals surface area contributed by atoms with Gasteiger partial charge in [0.25, 0.3) is 0 Å². The average molecular weight is 776 g/mol. The van der Waals surface area contributed by atoms with Crippen molar-refractivity contribution in [2.24, 2.45) is 0 Å². The Morgan fingerprint density at radius 2 is 0.770 bits per heavy atom. The van der Waals surface area contributed by atoms with Crippen LogP contribution in [0.4, 0.5) is 0 Å². The van der Waals surface area contributed by atoms with Gasteiger partial charge in [-0.25, -0.2) is 9.97 Å². The first-order valence-electron chi connectivity index (χ1n) is 20.8. The minimum atomic E-state index is 0.694. The second-order valence-electron chi connectivity index (χ2n) is 15.8. The molecule has 0 spiro atoms. The van der Waals surface area contributed by atoms with Crippen LogP contribution in [-0.2, 0) is 0 Å². The Morgan fingerprint density at radius 1 is 0.295 bits per heavy atom. The fraction of sp³-hybridized carbons (Fsp3) is 0. The average Bonchev–Trinajstić information content (AvgIpc) is 3.70. The number of para-hydroxylation sites is 1. The SMILES string of the molecule is c1ccc(-c2cc(-c3ccccc3)cc(-c3ccc(-c4nc(-c5cccc(-n6c7ccc8ccccc8c7c7c8ccccc8ccc76)c5)nc5ccccc45)cc3)c2)cc1. The fourth-order valence-corrected chi connectivity index (χ4v) is 9.25. The van der Waals surface area contributed by atoms with Crippen molar-refractivity contribution in [1.29, 1.82) is 0 Å². The van der Waals surface area contributed by atoms with Crippen molar-refractivity contribution in [3.05, 3.63) is 224 Å². The highest BCUT2D eigenvalue weighted by atomic mass is 15.0. The number of hydrogen-bond acceptors (Lipinski definition) is 2. The second kappa shape index (κ2) is 14.3. The van der Waals surface area contributed by atoms with Gasteiger partial charge in [-0.3, -0.25) is 0 Å². The smallest absolute Gasteiger partial charge is 0.160 e. The molecule has 0 aliphatic rings. The summed E-state index contributed by atoms with van der Waals surface area (Å²) in [6.45, 7) is 0. The molecule has 10 aromatic carbocycles. The van der Waals surface area contributed by atoms with Crippen LogP contribution in [0.2, 0.25) is 0 Å². The Labute approximate surface area is 353 Å². The first-order chi connectivity index (χ1) is 30.2. The highest BCUT2D eigenvalue weighted by Gasteiger charge is 2.19. The summed E-state index contributed by atoms with van der Waals surface area (Å²) in [4.78, 5) is 10.5. The summed E-state index contributed by atoms with van der Waals surface area (Å²) < 4.78 is 2.41. The van der Waals surface area contributed by atoms with Crippen molar-refractivity contribution < 1.29 is 0 Å². The third kappa shape index (κ3) is 5.98. The molecular formula is C58H37N3. The van der Waals surface area contributed by atoms with Crippen molar-refractivity contribution in [3.63, 3.8) is 0 Å². The molecule has 3 heteroatoms. The molecule has 2 heterocycles. The molecule has 284 valence electrons. The molecule has 0 fully saturated rings. The van der Waals surface area contributed by atoms with E-state index in [1.165, 1.54) is 71.2 Å². The van der Waals surface area contributed by atoms with E-state index in [1.54, 1.807) is 0 Å². The molecule has 12 rings (SSSR count). The number of hydrogen-bond donors (Lipinski definition) is 0. The van der Waals surface area contributed by atoms with Gasteiger partial charge in [-0.05, 0) is 103 Å². The molecule has 12 aromatic rings. The zero-order chi connectivity index (χ0) is 40.3. The monoisotopic (exact) mass is 775 g/mol. The van der Waals surface area contributed by atoms with Crippen LogP contribution in [0.25, 0.3) is 116 Å². The predicted molar refractivity (Wildman–Crippen MR) is 256 cm³/mol. The van der Waals surface area contributed by atoms with Crippen LogP contribution in [0.15, 0.2) is 224 Å². The summed E-state index contributed by atoms with van der Waals surface area (Å²) in [5.41, 5.74) is 14.3. The van der Waals surface area contributed by atoms with Crippen molar-refractivity contribution in [2.75, 3.05) is 0 Å². The maximum atomic E-state index is 5.36. The lowest BCUT2D eigenvalue weighted by atomic mass is 9.93. The van der Waals surface area contributed by atoms with Gasteiger partial charge in [-0.2, -0.15) is 0 Å². The number of aromatic nitrogens is 3. The van der Waals surface area contributed by atoms with E-state index in [4.69, 9.17) is 9.97 Å². The van der Waals surface area contributed by atoms with Crippen LogP contribution in [0.5, 0.6) is 0 Å². The molecule has 0 radical (unpaired) electrons. The van der Waals surface area contributed by atoms with Crippen LogP contribution in [0.1, 0.15) is 0 Å². The second-order valence-corrected chi connectivity index (χ2v) is 15.8. The standard InChI is InChI=1S/C58H37N3/c1-3-14-38(15-4-1)45-34-46(39-16-5-2-6-17-39)36-47(35-45)40-26-28-43(29-27-40)57-51-24-11-12-25-52(51)59-58(60-57)44-20-13-21-48(37-44)61-53-32-30-41-18-7-9-22-49(41)55(53)56-50-23-10-8-19-42(50)31-33-54(56)61/h1-37H. The Bertz CT molecular complexity index is 3470. The number of rotatable bonds is 6. The van der Waals surface area contributed by atoms with Gasteiger partial charge < -0.3 is 4.57 Å². The van der Waals surface area contributed by atoms with Gasteiger partial charge in [0.15, 0.2) is 5.82 Å². The lowest BCUT2D eigenvalue weighted by molar-refractivity contribution is 1.17. The maximum Gasteiger partial charge on any atom is 0.160 e. The molecule has 0 atom stereocenters. The van der Waals surface area contributed by atoms with Crippen molar-refractivity contribution in [3.8, 4) is 61.7 Å². The zero-order valence-corrected chi connectivity index (χ0v) is 33.2. The van der Waals surface area contributed by atoms with E-state index in [-0.39, 0.29) is 0 Å². The van der Waals surface area contributed by atoms with E-state index in [1.807, 2.05) is 0 Å². The number of nitrogens with zero attached hydrogens (tertiary/aromatic N) is 3. The van der Waals surface area contributed by atoms with Crippen LogP contribution >= 0.6 is 0 Å². The minimum absolute atomic E-state index is 0.694. The van der Waals surface area contributed by atoms with Gasteiger partial charge in [0.05, 0.1) is 22.2 Å². The van der Waals surface area contributed by atoms with Gasteiger partial charge >= 0.3 is 0 Å². The van der Waals surface area contributed by atoms with E-state index < -0.39 is 0 Å².